The topological polar surface area (TPSA) is 87.4 Å². The minimum atomic E-state index is -1.09. The molecular formula is C13H13N3O2. The predicted octanol–water partition coefficient (Wildman–Crippen LogP) is 3.10. The first-order chi connectivity index (χ1) is 8.65. The standard InChI is InChI=1S/C13H13N3O2/c14-11-6-1-2-7-12(11)15-9-4-3-5-10(8-9)16-13(17)18/h1-8,15-16H,14H2,(H,17,18). The molecule has 1 amide bonds. The van der Waals surface area contributed by atoms with E-state index in [2.05, 4.69) is 10.6 Å². The number of para-hydroxylation sites is 2. The van der Waals surface area contributed by atoms with Crippen molar-refractivity contribution in [2.45, 2.75) is 0 Å². The fourth-order valence-corrected chi connectivity index (χ4v) is 1.56. The third-order valence-electron chi connectivity index (χ3n) is 2.35. The summed E-state index contributed by atoms with van der Waals surface area (Å²) < 4.78 is 0. The minimum absolute atomic E-state index is 0.502. The van der Waals surface area contributed by atoms with Gasteiger partial charge in [0.05, 0.1) is 11.4 Å². The van der Waals surface area contributed by atoms with Gasteiger partial charge in [0.1, 0.15) is 0 Å². The van der Waals surface area contributed by atoms with Crippen LogP contribution in [0, 0.1) is 0 Å². The van der Waals surface area contributed by atoms with Crippen LogP contribution in [-0.4, -0.2) is 11.2 Å². The second-order valence-electron chi connectivity index (χ2n) is 3.72. The highest BCUT2D eigenvalue weighted by Crippen LogP contribution is 2.24. The van der Waals surface area contributed by atoms with Crippen molar-refractivity contribution in [2.75, 3.05) is 16.4 Å². The second kappa shape index (κ2) is 5.09. The summed E-state index contributed by atoms with van der Waals surface area (Å²) in [6, 6.07) is 14.3. The quantitative estimate of drug-likeness (QED) is 0.624. The molecule has 0 atom stereocenters. The van der Waals surface area contributed by atoms with Crippen LogP contribution in [0.1, 0.15) is 0 Å². The van der Waals surface area contributed by atoms with Crippen LogP contribution in [0.4, 0.5) is 27.5 Å². The van der Waals surface area contributed by atoms with E-state index in [1.165, 1.54) is 0 Å². The first kappa shape index (κ1) is 11.8. The normalized spacial score (nSPS) is 9.78. The highest BCUT2D eigenvalue weighted by molar-refractivity contribution is 5.84. The van der Waals surface area contributed by atoms with E-state index in [1.54, 1.807) is 24.3 Å². The Hall–Kier alpha value is -2.69. The smallest absolute Gasteiger partial charge is 0.409 e. The summed E-state index contributed by atoms with van der Waals surface area (Å²) in [6.45, 7) is 0. The molecule has 0 aromatic heterocycles. The third-order valence-corrected chi connectivity index (χ3v) is 2.35. The third kappa shape index (κ3) is 2.91. The van der Waals surface area contributed by atoms with E-state index in [9.17, 15) is 4.79 Å². The average Bonchev–Trinajstić information content (AvgIpc) is 2.32. The van der Waals surface area contributed by atoms with Crippen molar-refractivity contribution in [3.8, 4) is 0 Å². The van der Waals surface area contributed by atoms with Gasteiger partial charge >= 0.3 is 6.09 Å². The van der Waals surface area contributed by atoms with E-state index >= 15 is 0 Å². The highest BCUT2D eigenvalue weighted by Gasteiger charge is 2.01. The lowest BCUT2D eigenvalue weighted by atomic mass is 10.2. The van der Waals surface area contributed by atoms with Gasteiger partial charge < -0.3 is 16.2 Å². The molecule has 0 aliphatic carbocycles. The molecule has 0 bridgehead atoms. The number of hydrogen-bond donors (Lipinski definition) is 4. The van der Waals surface area contributed by atoms with Crippen LogP contribution in [0.3, 0.4) is 0 Å². The molecule has 0 radical (unpaired) electrons. The Morgan fingerprint density at radius 2 is 1.78 bits per heavy atom. The molecule has 2 aromatic carbocycles. The molecule has 0 aliphatic rings. The lowest BCUT2D eigenvalue weighted by molar-refractivity contribution is 0.210. The van der Waals surface area contributed by atoms with Crippen LogP contribution < -0.4 is 16.4 Å². The molecule has 5 N–H and O–H groups in total. The molecule has 18 heavy (non-hydrogen) atoms. The maximum atomic E-state index is 10.5. The van der Waals surface area contributed by atoms with Crippen molar-refractivity contribution in [3.63, 3.8) is 0 Å². The maximum absolute atomic E-state index is 10.5. The fourth-order valence-electron chi connectivity index (χ4n) is 1.56. The molecular weight excluding hydrogens is 230 g/mol. The second-order valence-corrected chi connectivity index (χ2v) is 3.72. The SMILES string of the molecule is Nc1ccccc1Nc1cccc(NC(=O)O)c1. The Morgan fingerprint density at radius 1 is 1.06 bits per heavy atom. The zero-order valence-corrected chi connectivity index (χ0v) is 9.55. The summed E-state index contributed by atoms with van der Waals surface area (Å²) >= 11 is 0. The number of nitrogen functional groups attached to an aromatic ring is 1. The van der Waals surface area contributed by atoms with E-state index in [4.69, 9.17) is 10.8 Å². The van der Waals surface area contributed by atoms with Crippen LogP contribution in [0.15, 0.2) is 48.5 Å². The van der Waals surface area contributed by atoms with Crippen molar-refractivity contribution in [2.24, 2.45) is 0 Å². The van der Waals surface area contributed by atoms with Gasteiger partial charge in [-0.05, 0) is 30.3 Å². The number of rotatable bonds is 3. The summed E-state index contributed by atoms with van der Waals surface area (Å²) in [6.07, 6.45) is -1.09. The molecule has 0 heterocycles. The summed E-state index contributed by atoms with van der Waals surface area (Å²) in [4.78, 5) is 10.5. The zero-order chi connectivity index (χ0) is 13.0. The van der Waals surface area contributed by atoms with Gasteiger partial charge in [0.2, 0.25) is 0 Å². The van der Waals surface area contributed by atoms with Crippen LogP contribution in [0.25, 0.3) is 0 Å². The molecule has 0 fully saturated rings. The van der Waals surface area contributed by atoms with Crippen LogP contribution in [-0.2, 0) is 0 Å². The van der Waals surface area contributed by atoms with E-state index in [0.717, 1.165) is 11.4 Å². The van der Waals surface area contributed by atoms with Gasteiger partial charge in [-0.2, -0.15) is 0 Å². The van der Waals surface area contributed by atoms with Crippen LogP contribution in [0.2, 0.25) is 0 Å². The Morgan fingerprint density at radius 3 is 2.50 bits per heavy atom. The van der Waals surface area contributed by atoms with E-state index in [-0.39, 0.29) is 0 Å². The number of nitrogens with one attached hydrogen (secondary N) is 2. The van der Waals surface area contributed by atoms with Gasteiger partial charge in [0.15, 0.2) is 0 Å². The maximum Gasteiger partial charge on any atom is 0.409 e. The molecule has 0 saturated carbocycles. The number of nitrogens with two attached hydrogens (primary N) is 1. The summed E-state index contributed by atoms with van der Waals surface area (Å²) in [5.41, 5.74) is 8.50. The molecule has 0 unspecified atom stereocenters. The molecule has 2 rings (SSSR count). The molecule has 0 aliphatic heterocycles. The van der Waals surface area contributed by atoms with Gasteiger partial charge in [0.25, 0.3) is 0 Å². The zero-order valence-electron chi connectivity index (χ0n) is 9.55. The lowest BCUT2D eigenvalue weighted by Gasteiger charge is -2.10. The van der Waals surface area contributed by atoms with Gasteiger partial charge in [-0.25, -0.2) is 4.79 Å². The summed E-state index contributed by atoms with van der Waals surface area (Å²) in [7, 11) is 0. The molecule has 5 nitrogen and oxygen atoms in total. The Labute approximate surface area is 104 Å². The first-order valence-corrected chi connectivity index (χ1v) is 5.37. The molecule has 2 aromatic rings. The fraction of sp³-hybridized carbons (Fsp3) is 0. The van der Waals surface area contributed by atoms with Crippen molar-refractivity contribution < 1.29 is 9.90 Å². The Bertz CT molecular complexity index is 570. The van der Waals surface area contributed by atoms with Crippen LogP contribution in [0.5, 0.6) is 0 Å². The van der Waals surface area contributed by atoms with E-state index in [0.29, 0.717) is 11.4 Å². The van der Waals surface area contributed by atoms with Gasteiger partial charge in [-0.3, -0.25) is 5.32 Å². The largest absolute Gasteiger partial charge is 0.465 e. The highest BCUT2D eigenvalue weighted by atomic mass is 16.4. The Balaban J connectivity index is 2.19. The average molecular weight is 243 g/mol. The van der Waals surface area contributed by atoms with Gasteiger partial charge in [-0.1, -0.05) is 18.2 Å². The summed E-state index contributed by atoms with van der Waals surface area (Å²) in [5.74, 6) is 0. The predicted molar refractivity (Wildman–Crippen MR) is 72.2 cm³/mol. The van der Waals surface area contributed by atoms with Crippen molar-refractivity contribution >= 4 is 28.8 Å². The molecule has 5 heteroatoms. The van der Waals surface area contributed by atoms with Crippen molar-refractivity contribution in [1.82, 2.24) is 0 Å². The van der Waals surface area contributed by atoms with Crippen LogP contribution >= 0.6 is 0 Å². The first-order valence-electron chi connectivity index (χ1n) is 5.37. The molecule has 92 valence electrons. The number of carbonyl (C=O) groups is 1. The van der Waals surface area contributed by atoms with Crippen molar-refractivity contribution in [3.05, 3.63) is 48.5 Å². The monoisotopic (exact) mass is 243 g/mol. The van der Waals surface area contributed by atoms with Gasteiger partial charge in [0, 0.05) is 11.4 Å². The van der Waals surface area contributed by atoms with Crippen molar-refractivity contribution in [1.29, 1.82) is 0 Å². The van der Waals surface area contributed by atoms with E-state index < -0.39 is 6.09 Å². The minimum Gasteiger partial charge on any atom is -0.465 e. The van der Waals surface area contributed by atoms with Gasteiger partial charge in [-0.15, -0.1) is 0 Å². The molecule has 0 saturated heterocycles. The number of anilines is 4. The lowest BCUT2D eigenvalue weighted by Crippen LogP contribution is -2.07. The van der Waals surface area contributed by atoms with E-state index in [1.807, 2.05) is 24.3 Å². The Kier molecular flexibility index (Phi) is 3.33. The molecule has 0 spiro atoms. The summed E-state index contributed by atoms with van der Waals surface area (Å²) in [5, 5.41) is 14.1. The number of hydrogen-bond acceptors (Lipinski definition) is 3. The number of benzene rings is 2. The number of carboxylic acid groups (broad SMARTS) is 1. The number of amides is 1.